The Balaban J connectivity index is 2.16. The summed E-state index contributed by atoms with van der Waals surface area (Å²) in [5, 5.41) is 12.7. The van der Waals surface area contributed by atoms with Gasteiger partial charge in [0.05, 0.1) is 24.9 Å². The molecule has 0 radical (unpaired) electrons. The highest BCUT2D eigenvalue weighted by molar-refractivity contribution is 5.91. The minimum Gasteiger partial charge on any atom is -0.476 e. The van der Waals surface area contributed by atoms with Crippen LogP contribution in [0.15, 0.2) is 30.5 Å². The van der Waals surface area contributed by atoms with Crippen LogP contribution in [0.1, 0.15) is 26.4 Å². The molecule has 104 valence electrons. The molecule has 7 nitrogen and oxygen atoms in total. The Bertz CT molecular complexity index is 646. The maximum atomic E-state index is 11.3. The molecule has 20 heavy (non-hydrogen) atoms. The van der Waals surface area contributed by atoms with Crippen LogP contribution in [0.2, 0.25) is 0 Å². The molecule has 0 saturated heterocycles. The Labute approximate surface area is 114 Å². The van der Waals surface area contributed by atoms with Crippen molar-refractivity contribution < 1.29 is 19.4 Å². The first-order chi connectivity index (χ1) is 9.51. The third kappa shape index (κ3) is 2.77. The number of nitrogens with zero attached hydrogens (tertiary/aromatic N) is 2. The van der Waals surface area contributed by atoms with Gasteiger partial charge in [-0.15, -0.1) is 0 Å². The number of hydrogen-bond acceptors (Lipinski definition) is 5. The largest absolute Gasteiger partial charge is 0.476 e. The lowest BCUT2D eigenvalue weighted by Gasteiger charge is -2.03. The number of carboxylic acids is 1. The number of aromatic nitrogens is 2. The summed E-state index contributed by atoms with van der Waals surface area (Å²) < 4.78 is 6.04. The number of carbonyl (C=O) groups excluding carboxylic acids is 1. The molecule has 7 heteroatoms. The second-order valence-corrected chi connectivity index (χ2v) is 4.12. The van der Waals surface area contributed by atoms with Crippen molar-refractivity contribution >= 4 is 17.6 Å². The quantitative estimate of drug-likeness (QED) is 0.806. The molecule has 2 aromatic rings. The molecular weight excluding hydrogens is 262 g/mol. The van der Waals surface area contributed by atoms with Gasteiger partial charge in [-0.2, -0.15) is 5.10 Å². The average molecular weight is 275 g/mol. The Morgan fingerprint density at radius 1 is 1.35 bits per heavy atom. The summed E-state index contributed by atoms with van der Waals surface area (Å²) in [6.45, 7) is 0.360. The zero-order valence-corrected chi connectivity index (χ0v) is 10.7. The molecule has 0 bridgehead atoms. The Morgan fingerprint density at radius 3 is 2.50 bits per heavy atom. The minimum atomic E-state index is -1.16. The smallest absolute Gasteiger partial charge is 0.358 e. The number of esters is 1. The molecule has 0 amide bonds. The molecule has 1 heterocycles. The molecule has 2 rings (SSSR count). The van der Waals surface area contributed by atoms with Crippen molar-refractivity contribution in [1.82, 2.24) is 9.78 Å². The van der Waals surface area contributed by atoms with E-state index in [1.165, 1.54) is 18.0 Å². The van der Waals surface area contributed by atoms with E-state index >= 15 is 0 Å². The fourth-order valence-electron chi connectivity index (χ4n) is 1.74. The van der Waals surface area contributed by atoms with E-state index in [9.17, 15) is 9.59 Å². The van der Waals surface area contributed by atoms with Gasteiger partial charge in [-0.25, -0.2) is 9.59 Å². The number of hydrogen-bond donors (Lipinski definition) is 2. The number of anilines is 1. The van der Waals surface area contributed by atoms with Crippen LogP contribution in [0, 0.1) is 0 Å². The molecule has 0 spiro atoms. The number of nitrogen functional groups attached to an aromatic ring is 1. The van der Waals surface area contributed by atoms with Crippen molar-refractivity contribution in [3.8, 4) is 0 Å². The normalized spacial score (nSPS) is 10.2. The van der Waals surface area contributed by atoms with Crippen molar-refractivity contribution in [2.75, 3.05) is 12.8 Å². The summed E-state index contributed by atoms with van der Waals surface area (Å²) in [7, 11) is 1.32. The lowest BCUT2D eigenvalue weighted by atomic mass is 10.1. The average Bonchev–Trinajstić information content (AvgIpc) is 2.79. The van der Waals surface area contributed by atoms with Gasteiger partial charge in [0.2, 0.25) is 0 Å². The van der Waals surface area contributed by atoms with Crippen LogP contribution < -0.4 is 5.73 Å². The second-order valence-electron chi connectivity index (χ2n) is 4.12. The standard InChI is InChI=1S/C13H13N3O4/c1-20-13(19)9-4-2-8(3-5-9)6-16-7-10(14)11(15-16)12(17)18/h2-5,7H,6,14H2,1H3,(H,17,18). The first-order valence-corrected chi connectivity index (χ1v) is 5.74. The molecule has 0 fully saturated rings. The number of nitrogens with two attached hydrogens (primary N) is 1. The van der Waals surface area contributed by atoms with E-state index < -0.39 is 11.9 Å². The van der Waals surface area contributed by atoms with Gasteiger partial charge >= 0.3 is 11.9 Å². The number of carbonyl (C=O) groups is 2. The van der Waals surface area contributed by atoms with Gasteiger partial charge < -0.3 is 15.6 Å². The van der Waals surface area contributed by atoms with Gasteiger partial charge in [-0.3, -0.25) is 4.68 Å². The van der Waals surface area contributed by atoms with Crippen LogP contribution in [0.25, 0.3) is 0 Å². The first-order valence-electron chi connectivity index (χ1n) is 5.74. The molecule has 0 aliphatic carbocycles. The van der Waals surface area contributed by atoms with Crippen molar-refractivity contribution in [3.05, 3.63) is 47.3 Å². The highest BCUT2D eigenvalue weighted by Gasteiger charge is 2.13. The van der Waals surface area contributed by atoms with Crippen LogP contribution in [-0.4, -0.2) is 33.9 Å². The fraction of sp³-hybridized carbons (Fsp3) is 0.154. The Morgan fingerprint density at radius 2 is 2.00 bits per heavy atom. The molecule has 0 atom stereocenters. The summed E-state index contributed by atoms with van der Waals surface area (Å²) in [6, 6.07) is 6.74. The SMILES string of the molecule is COC(=O)c1ccc(Cn2cc(N)c(C(=O)O)n2)cc1. The fourth-order valence-corrected chi connectivity index (χ4v) is 1.74. The van der Waals surface area contributed by atoms with E-state index in [-0.39, 0.29) is 11.4 Å². The number of benzene rings is 1. The van der Waals surface area contributed by atoms with E-state index in [1.807, 2.05) is 0 Å². The van der Waals surface area contributed by atoms with Crippen LogP contribution >= 0.6 is 0 Å². The number of methoxy groups -OCH3 is 1. The topological polar surface area (TPSA) is 107 Å². The Hall–Kier alpha value is -2.83. The van der Waals surface area contributed by atoms with Gasteiger partial charge in [-0.05, 0) is 17.7 Å². The summed E-state index contributed by atoms with van der Waals surface area (Å²) in [5.41, 5.74) is 6.80. The van der Waals surface area contributed by atoms with Crippen LogP contribution in [0.3, 0.4) is 0 Å². The lowest BCUT2D eigenvalue weighted by Crippen LogP contribution is -2.05. The maximum absolute atomic E-state index is 11.3. The van der Waals surface area contributed by atoms with E-state index in [1.54, 1.807) is 24.3 Å². The van der Waals surface area contributed by atoms with Crippen molar-refractivity contribution in [1.29, 1.82) is 0 Å². The maximum Gasteiger partial charge on any atom is 0.358 e. The van der Waals surface area contributed by atoms with Crippen LogP contribution in [-0.2, 0) is 11.3 Å². The number of aromatic carboxylic acids is 1. The first kappa shape index (κ1) is 13.6. The monoisotopic (exact) mass is 275 g/mol. The highest BCUT2D eigenvalue weighted by Crippen LogP contribution is 2.12. The van der Waals surface area contributed by atoms with Crippen LogP contribution in [0.5, 0.6) is 0 Å². The van der Waals surface area contributed by atoms with Gasteiger partial charge in [-0.1, -0.05) is 12.1 Å². The molecule has 0 aliphatic heterocycles. The minimum absolute atomic E-state index is 0.115. The van der Waals surface area contributed by atoms with E-state index in [0.29, 0.717) is 12.1 Å². The molecule has 3 N–H and O–H groups in total. The van der Waals surface area contributed by atoms with Crippen molar-refractivity contribution in [3.63, 3.8) is 0 Å². The van der Waals surface area contributed by atoms with Gasteiger partial charge in [0.1, 0.15) is 0 Å². The zero-order chi connectivity index (χ0) is 14.7. The van der Waals surface area contributed by atoms with Gasteiger partial charge in [0.25, 0.3) is 0 Å². The molecule has 0 aliphatic rings. The molecule has 0 saturated carbocycles. The van der Waals surface area contributed by atoms with Gasteiger partial charge in [0.15, 0.2) is 5.69 Å². The van der Waals surface area contributed by atoms with Crippen LogP contribution in [0.4, 0.5) is 5.69 Å². The number of rotatable bonds is 4. The second kappa shape index (κ2) is 5.43. The third-order valence-electron chi connectivity index (χ3n) is 2.71. The highest BCUT2D eigenvalue weighted by atomic mass is 16.5. The summed E-state index contributed by atoms with van der Waals surface area (Å²) in [6.07, 6.45) is 1.46. The third-order valence-corrected chi connectivity index (χ3v) is 2.71. The zero-order valence-electron chi connectivity index (χ0n) is 10.7. The lowest BCUT2D eigenvalue weighted by molar-refractivity contribution is 0.0599. The molecule has 1 aromatic heterocycles. The van der Waals surface area contributed by atoms with Crippen molar-refractivity contribution in [2.45, 2.75) is 6.54 Å². The Kier molecular flexibility index (Phi) is 3.69. The van der Waals surface area contributed by atoms with E-state index in [0.717, 1.165) is 5.56 Å². The van der Waals surface area contributed by atoms with E-state index in [2.05, 4.69) is 9.84 Å². The summed E-state index contributed by atoms with van der Waals surface area (Å²) in [4.78, 5) is 22.1. The number of carboxylic acid groups (broad SMARTS) is 1. The molecular formula is C13H13N3O4. The predicted octanol–water partition coefficient (Wildman–Crippen LogP) is 0.998. The van der Waals surface area contributed by atoms with Gasteiger partial charge in [0, 0.05) is 6.20 Å². The summed E-state index contributed by atoms with van der Waals surface area (Å²) in [5.74, 6) is -1.57. The van der Waals surface area contributed by atoms with Crippen molar-refractivity contribution in [2.24, 2.45) is 0 Å². The predicted molar refractivity (Wildman–Crippen MR) is 70.5 cm³/mol. The summed E-state index contributed by atoms with van der Waals surface area (Å²) >= 11 is 0. The van der Waals surface area contributed by atoms with E-state index in [4.69, 9.17) is 10.8 Å². The molecule has 1 aromatic carbocycles. The molecule has 0 unspecified atom stereocenters. The number of ether oxygens (including phenoxy) is 1.